The Kier molecular flexibility index (Phi) is 8.04. The summed E-state index contributed by atoms with van der Waals surface area (Å²) >= 11 is 0. The monoisotopic (exact) mass is 446 g/mol. The Morgan fingerprint density at radius 1 is 1.09 bits per heavy atom. The first-order chi connectivity index (χ1) is 15.8. The van der Waals surface area contributed by atoms with E-state index in [9.17, 15) is 4.79 Å². The molecule has 0 spiro atoms. The number of nitrogens with two attached hydrogens (primary N) is 1. The molecule has 0 aliphatic rings. The molecule has 174 valence electrons. The third-order valence-corrected chi connectivity index (χ3v) is 5.62. The molecular formula is C27H34N4O2. The molecule has 2 aromatic heterocycles. The van der Waals surface area contributed by atoms with Crippen LogP contribution in [0.3, 0.4) is 0 Å². The molecule has 0 radical (unpaired) electrons. The molecule has 1 atom stereocenters. The molecule has 1 unspecified atom stereocenters. The number of anilines is 2. The summed E-state index contributed by atoms with van der Waals surface area (Å²) in [5.74, 6) is 1.60. The standard InChI is InChI=1S/C27H34N4O2/c1-5-6-9-21(18-33-26(28)32)19-10-7-11-20(16-19)23-12-8-13-24(30-23)31-25-17-22(14-15-29-25)27(2,3)4/h7-8,10-17,21H,5-6,9,18H2,1-4H3,(H2,28,32)(H,29,30,31). The largest absolute Gasteiger partial charge is 0.449 e. The number of benzene rings is 1. The summed E-state index contributed by atoms with van der Waals surface area (Å²) in [6, 6.07) is 18.3. The lowest BCUT2D eigenvalue weighted by molar-refractivity contribution is 0.147. The Morgan fingerprint density at radius 2 is 1.88 bits per heavy atom. The van der Waals surface area contributed by atoms with Gasteiger partial charge in [-0.2, -0.15) is 0 Å². The molecule has 0 aliphatic carbocycles. The first-order valence-corrected chi connectivity index (χ1v) is 11.5. The number of amides is 1. The second kappa shape index (κ2) is 10.9. The molecule has 0 saturated heterocycles. The average Bonchev–Trinajstić information content (AvgIpc) is 2.79. The Morgan fingerprint density at radius 3 is 2.61 bits per heavy atom. The van der Waals surface area contributed by atoms with Gasteiger partial charge in [-0.05, 0) is 53.3 Å². The summed E-state index contributed by atoms with van der Waals surface area (Å²) < 4.78 is 5.13. The third-order valence-electron chi connectivity index (χ3n) is 5.62. The zero-order valence-electron chi connectivity index (χ0n) is 20.0. The summed E-state index contributed by atoms with van der Waals surface area (Å²) in [4.78, 5) is 20.4. The van der Waals surface area contributed by atoms with Gasteiger partial charge in [-0.25, -0.2) is 14.8 Å². The number of nitrogens with zero attached hydrogens (tertiary/aromatic N) is 2. The second-order valence-electron chi connectivity index (χ2n) is 9.31. The van der Waals surface area contributed by atoms with E-state index in [0.717, 1.165) is 47.7 Å². The van der Waals surface area contributed by atoms with Gasteiger partial charge in [-0.3, -0.25) is 0 Å². The maximum Gasteiger partial charge on any atom is 0.404 e. The van der Waals surface area contributed by atoms with E-state index in [2.05, 4.69) is 56.2 Å². The van der Waals surface area contributed by atoms with Gasteiger partial charge in [-0.15, -0.1) is 0 Å². The number of nitrogens with one attached hydrogen (secondary N) is 1. The molecule has 2 heterocycles. The number of unbranched alkanes of at least 4 members (excludes halogenated alkanes) is 1. The number of hydrogen-bond donors (Lipinski definition) is 2. The highest BCUT2D eigenvalue weighted by molar-refractivity contribution is 5.65. The van der Waals surface area contributed by atoms with Crippen molar-refractivity contribution in [3.05, 3.63) is 71.9 Å². The van der Waals surface area contributed by atoms with Crippen LogP contribution in [0, 0.1) is 0 Å². The van der Waals surface area contributed by atoms with Crippen LogP contribution >= 0.6 is 0 Å². The average molecular weight is 447 g/mol. The highest BCUT2D eigenvalue weighted by Crippen LogP contribution is 2.28. The molecule has 3 aromatic rings. The highest BCUT2D eigenvalue weighted by Gasteiger charge is 2.16. The fourth-order valence-electron chi connectivity index (χ4n) is 3.69. The van der Waals surface area contributed by atoms with Crippen LogP contribution in [0.15, 0.2) is 60.8 Å². The molecule has 6 nitrogen and oxygen atoms in total. The number of carbonyl (C=O) groups excluding carboxylic acids is 1. The van der Waals surface area contributed by atoms with E-state index < -0.39 is 6.09 Å². The van der Waals surface area contributed by atoms with Crippen molar-refractivity contribution >= 4 is 17.7 Å². The number of rotatable bonds is 9. The number of pyridine rings is 2. The smallest absolute Gasteiger partial charge is 0.404 e. The Hall–Kier alpha value is -3.41. The van der Waals surface area contributed by atoms with Crippen molar-refractivity contribution in [3.63, 3.8) is 0 Å². The van der Waals surface area contributed by atoms with Crippen LogP contribution in [0.1, 0.15) is 64.0 Å². The molecule has 3 N–H and O–H groups in total. The fraction of sp³-hybridized carbons (Fsp3) is 0.370. The molecule has 1 amide bonds. The Balaban J connectivity index is 1.83. The summed E-state index contributed by atoms with van der Waals surface area (Å²) in [6.07, 6.45) is 4.14. The minimum Gasteiger partial charge on any atom is -0.449 e. The summed E-state index contributed by atoms with van der Waals surface area (Å²) in [5.41, 5.74) is 9.43. The lowest BCUT2D eigenvalue weighted by Gasteiger charge is -2.19. The number of carbonyl (C=O) groups is 1. The van der Waals surface area contributed by atoms with Crippen molar-refractivity contribution in [1.29, 1.82) is 0 Å². The van der Waals surface area contributed by atoms with E-state index in [1.165, 1.54) is 5.56 Å². The van der Waals surface area contributed by atoms with Crippen LogP contribution in [0.25, 0.3) is 11.3 Å². The van der Waals surface area contributed by atoms with Gasteiger partial charge in [-0.1, -0.05) is 64.8 Å². The zero-order chi connectivity index (χ0) is 23.8. The van der Waals surface area contributed by atoms with Crippen molar-refractivity contribution in [2.75, 3.05) is 11.9 Å². The SMILES string of the molecule is CCCCC(COC(N)=O)c1cccc(-c2cccc(Nc3cc(C(C)(C)C)ccn3)n2)c1. The van der Waals surface area contributed by atoms with Crippen molar-refractivity contribution < 1.29 is 9.53 Å². The first kappa shape index (κ1) is 24.2. The van der Waals surface area contributed by atoms with Crippen molar-refractivity contribution in [2.45, 2.75) is 58.3 Å². The molecule has 1 aromatic carbocycles. The van der Waals surface area contributed by atoms with Gasteiger partial charge >= 0.3 is 6.09 Å². The topological polar surface area (TPSA) is 90.1 Å². The van der Waals surface area contributed by atoms with E-state index >= 15 is 0 Å². The molecular weight excluding hydrogens is 412 g/mol. The first-order valence-electron chi connectivity index (χ1n) is 11.5. The molecule has 0 saturated carbocycles. The number of aromatic nitrogens is 2. The molecule has 3 rings (SSSR count). The van der Waals surface area contributed by atoms with Crippen molar-refractivity contribution in [1.82, 2.24) is 9.97 Å². The number of hydrogen-bond acceptors (Lipinski definition) is 5. The van der Waals surface area contributed by atoms with Crippen LogP contribution in [-0.2, 0) is 10.2 Å². The van der Waals surface area contributed by atoms with Crippen LogP contribution < -0.4 is 11.1 Å². The predicted molar refractivity (Wildman–Crippen MR) is 134 cm³/mol. The van der Waals surface area contributed by atoms with Crippen LogP contribution in [0.2, 0.25) is 0 Å². The zero-order valence-corrected chi connectivity index (χ0v) is 20.0. The van der Waals surface area contributed by atoms with E-state index in [0.29, 0.717) is 0 Å². The van der Waals surface area contributed by atoms with Gasteiger partial charge in [0.25, 0.3) is 0 Å². The maximum atomic E-state index is 11.1. The lowest BCUT2D eigenvalue weighted by Crippen LogP contribution is -2.18. The van der Waals surface area contributed by atoms with Crippen LogP contribution in [0.5, 0.6) is 0 Å². The van der Waals surface area contributed by atoms with Crippen molar-refractivity contribution in [3.8, 4) is 11.3 Å². The van der Waals surface area contributed by atoms with Gasteiger partial charge < -0.3 is 15.8 Å². The van der Waals surface area contributed by atoms with Gasteiger partial charge in [0.1, 0.15) is 18.2 Å². The van der Waals surface area contributed by atoms with E-state index in [-0.39, 0.29) is 17.9 Å². The van der Waals surface area contributed by atoms with E-state index in [1.54, 1.807) is 0 Å². The normalized spacial score (nSPS) is 12.2. The van der Waals surface area contributed by atoms with Gasteiger partial charge in [0.2, 0.25) is 0 Å². The number of ether oxygens (including phenoxy) is 1. The maximum absolute atomic E-state index is 11.1. The molecule has 33 heavy (non-hydrogen) atoms. The minimum atomic E-state index is -0.739. The quantitative estimate of drug-likeness (QED) is 0.389. The van der Waals surface area contributed by atoms with Gasteiger partial charge in [0, 0.05) is 17.7 Å². The van der Waals surface area contributed by atoms with Crippen LogP contribution in [-0.4, -0.2) is 22.7 Å². The molecule has 6 heteroatoms. The van der Waals surface area contributed by atoms with Crippen LogP contribution in [0.4, 0.5) is 16.4 Å². The fourth-order valence-corrected chi connectivity index (χ4v) is 3.69. The Bertz CT molecular complexity index is 1080. The number of primary amides is 1. The highest BCUT2D eigenvalue weighted by atomic mass is 16.5. The minimum absolute atomic E-state index is 0.0433. The summed E-state index contributed by atoms with van der Waals surface area (Å²) in [5, 5.41) is 3.33. The summed E-state index contributed by atoms with van der Waals surface area (Å²) in [7, 11) is 0. The second-order valence-corrected chi connectivity index (χ2v) is 9.31. The van der Waals surface area contributed by atoms with Gasteiger partial charge in [0.15, 0.2) is 0 Å². The lowest BCUT2D eigenvalue weighted by atomic mass is 9.88. The Labute approximate surface area is 196 Å². The van der Waals surface area contributed by atoms with Gasteiger partial charge in [0.05, 0.1) is 5.69 Å². The van der Waals surface area contributed by atoms with Crippen molar-refractivity contribution in [2.24, 2.45) is 5.73 Å². The molecule has 0 aliphatic heterocycles. The van der Waals surface area contributed by atoms with E-state index in [1.807, 2.05) is 42.6 Å². The third kappa shape index (κ3) is 7.04. The molecule has 0 fully saturated rings. The van der Waals surface area contributed by atoms with E-state index in [4.69, 9.17) is 15.5 Å². The molecule has 0 bridgehead atoms. The predicted octanol–water partition coefficient (Wildman–Crippen LogP) is 6.55. The summed E-state index contributed by atoms with van der Waals surface area (Å²) in [6.45, 7) is 8.97.